The molecular formula is C12H14BrN3O3. The van der Waals surface area contributed by atoms with E-state index in [4.69, 9.17) is 5.73 Å². The zero-order chi connectivity index (χ0) is 14.3. The van der Waals surface area contributed by atoms with Gasteiger partial charge in [-0.3, -0.25) is 19.7 Å². The van der Waals surface area contributed by atoms with Gasteiger partial charge in [0.2, 0.25) is 11.8 Å². The van der Waals surface area contributed by atoms with E-state index in [0.717, 1.165) is 4.47 Å². The Kier molecular flexibility index (Phi) is 6.17. The highest BCUT2D eigenvalue weighted by Gasteiger charge is 2.08. The highest BCUT2D eigenvalue weighted by molar-refractivity contribution is 9.10. The summed E-state index contributed by atoms with van der Waals surface area (Å²) < 4.78 is 0.878. The summed E-state index contributed by atoms with van der Waals surface area (Å²) in [6.07, 6.45) is 0. The van der Waals surface area contributed by atoms with E-state index in [1.807, 2.05) is 0 Å². The maximum absolute atomic E-state index is 11.7. The first-order valence-electron chi connectivity index (χ1n) is 5.53. The molecule has 0 aliphatic heterocycles. The van der Waals surface area contributed by atoms with Crippen LogP contribution in [0.5, 0.6) is 0 Å². The van der Waals surface area contributed by atoms with Gasteiger partial charge < -0.3 is 11.1 Å². The van der Waals surface area contributed by atoms with E-state index in [1.165, 1.54) is 0 Å². The van der Waals surface area contributed by atoms with Crippen molar-refractivity contribution >= 4 is 33.5 Å². The molecule has 2 amide bonds. The average molecular weight is 328 g/mol. The molecule has 1 aromatic rings. The predicted molar refractivity (Wildman–Crippen MR) is 73.5 cm³/mol. The molecule has 0 aliphatic rings. The molecule has 0 saturated carbocycles. The molecular weight excluding hydrogens is 314 g/mol. The molecule has 0 unspecified atom stereocenters. The summed E-state index contributed by atoms with van der Waals surface area (Å²) in [5, 5.41) is 5.01. The molecule has 0 heterocycles. The van der Waals surface area contributed by atoms with Crippen LogP contribution in [0, 0.1) is 0 Å². The Balaban J connectivity index is 2.31. The molecule has 6 nitrogen and oxygen atoms in total. The fourth-order valence-corrected chi connectivity index (χ4v) is 1.54. The summed E-state index contributed by atoms with van der Waals surface area (Å²) in [5.74, 6) is -1.10. The van der Waals surface area contributed by atoms with Crippen molar-refractivity contribution in [1.82, 2.24) is 10.6 Å². The Labute approximate surface area is 118 Å². The second-order valence-corrected chi connectivity index (χ2v) is 4.69. The minimum atomic E-state index is -0.543. The van der Waals surface area contributed by atoms with Crippen LogP contribution in [0.4, 0.5) is 0 Å². The zero-order valence-corrected chi connectivity index (χ0v) is 11.7. The van der Waals surface area contributed by atoms with Crippen molar-refractivity contribution in [2.24, 2.45) is 5.73 Å². The minimum Gasteiger partial charge on any atom is -0.369 e. The fraction of sp³-hybridized carbons (Fsp3) is 0.250. The van der Waals surface area contributed by atoms with Crippen molar-refractivity contribution in [1.29, 1.82) is 0 Å². The van der Waals surface area contributed by atoms with Crippen LogP contribution in [0.25, 0.3) is 0 Å². The Morgan fingerprint density at radius 3 is 2.26 bits per heavy atom. The van der Waals surface area contributed by atoms with Crippen molar-refractivity contribution in [3.63, 3.8) is 0 Å². The Morgan fingerprint density at radius 1 is 1.05 bits per heavy atom. The molecule has 0 bridgehead atoms. The average Bonchev–Trinajstić information content (AvgIpc) is 2.36. The number of rotatable bonds is 7. The maximum atomic E-state index is 11.7. The van der Waals surface area contributed by atoms with Gasteiger partial charge in [-0.2, -0.15) is 0 Å². The lowest BCUT2D eigenvalue weighted by atomic mass is 10.1. The van der Waals surface area contributed by atoms with Gasteiger partial charge in [0.15, 0.2) is 5.78 Å². The smallest absolute Gasteiger partial charge is 0.234 e. The standard InChI is InChI=1S/C12H14BrN3O3/c13-9-3-1-8(2-4-9)10(17)5-16-12(19)7-15-6-11(14)18/h1-4,15H,5-7H2,(H2,14,18)(H,16,19). The largest absolute Gasteiger partial charge is 0.369 e. The van der Waals surface area contributed by atoms with Crippen LogP contribution in [-0.2, 0) is 9.59 Å². The second kappa shape index (κ2) is 7.65. The number of hydrogen-bond acceptors (Lipinski definition) is 4. The maximum Gasteiger partial charge on any atom is 0.234 e. The number of carbonyl (C=O) groups is 3. The third kappa shape index (κ3) is 6.12. The fourth-order valence-electron chi connectivity index (χ4n) is 1.28. The van der Waals surface area contributed by atoms with Gasteiger partial charge in [-0.1, -0.05) is 28.1 Å². The number of nitrogens with two attached hydrogens (primary N) is 1. The third-order valence-corrected chi connectivity index (χ3v) is 2.73. The number of ketones is 1. The van der Waals surface area contributed by atoms with Crippen LogP contribution in [0.3, 0.4) is 0 Å². The van der Waals surface area contributed by atoms with E-state index in [1.54, 1.807) is 24.3 Å². The second-order valence-electron chi connectivity index (χ2n) is 3.78. The first kappa shape index (κ1) is 15.3. The van der Waals surface area contributed by atoms with Crippen molar-refractivity contribution in [2.75, 3.05) is 19.6 Å². The number of amides is 2. The highest BCUT2D eigenvalue weighted by Crippen LogP contribution is 2.10. The van der Waals surface area contributed by atoms with E-state index in [2.05, 4.69) is 26.6 Å². The SMILES string of the molecule is NC(=O)CNCC(=O)NCC(=O)c1ccc(Br)cc1. The molecule has 0 aliphatic carbocycles. The first-order chi connectivity index (χ1) is 8.99. The number of Topliss-reactive ketones (excluding diaryl/α,β-unsaturated/α-hetero) is 1. The molecule has 1 rings (SSSR count). The molecule has 7 heteroatoms. The number of carbonyl (C=O) groups excluding carboxylic acids is 3. The molecule has 1 aromatic carbocycles. The molecule has 0 aromatic heterocycles. The molecule has 4 N–H and O–H groups in total. The summed E-state index contributed by atoms with van der Waals surface area (Å²) in [5.41, 5.74) is 5.42. The molecule has 19 heavy (non-hydrogen) atoms. The van der Waals surface area contributed by atoms with Gasteiger partial charge in [-0.25, -0.2) is 0 Å². The first-order valence-corrected chi connectivity index (χ1v) is 6.33. The molecule has 0 saturated heterocycles. The Hall–Kier alpha value is -1.73. The molecule has 0 radical (unpaired) electrons. The van der Waals surface area contributed by atoms with Gasteiger partial charge in [0.05, 0.1) is 19.6 Å². The minimum absolute atomic E-state index is 0.0590. The van der Waals surface area contributed by atoms with E-state index in [9.17, 15) is 14.4 Å². The number of benzene rings is 1. The predicted octanol–water partition coefficient (Wildman–Crippen LogP) is -0.177. The van der Waals surface area contributed by atoms with Gasteiger partial charge in [-0.15, -0.1) is 0 Å². The van der Waals surface area contributed by atoms with Crippen molar-refractivity contribution in [2.45, 2.75) is 0 Å². The summed E-state index contributed by atoms with van der Waals surface area (Å²) in [6, 6.07) is 6.85. The molecule has 0 atom stereocenters. The third-order valence-electron chi connectivity index (χ3n) is 2.20. The molecule has 102 valence electrons. The van der Waals surface area contributed by atoms with Gasteiger partial charge >= 0.3 is 0 Å². The van der Waals surface area contributed by atoms with E-state index >= 15 is 0 Å². The zero-order valence-electron chi connectivity index (χ0n) is 10.1. The molecule has 0 spiro atoms. The van der Waals surface area contributed by atoms with Crippen LogP contribution in [-0.4, -0.2) is 37.2 Å². The highest BCUT2D eigenvalue weighted by atomic mass is 79.9. The summed E-state index contributed by atoms with van der Waals surface area (Å²) in [7, 11) is 0. The number of halogens is 1. The monoisotopic (exact) mass is 327 g/mol. The van der Waals surface area contributed by atoms with Crippen molar-refractivity contribution < 1.29 is 14.4 Å². The van der Waals surface area contributed by atoms with Gasteiger partial charge in [0, 0.05) is 10.0 Å². The van der Waals surface area contributed by atoms with Gasteiger partial charge in [0.1, 0.15) is 0 Å². The van der Waals surface area contributed by atoms with Crippen LogP contribution >= 0.6 is 15.9 Å². The van der Waals surface area contributed by atoms with E-state index in [-0.39, 0.29) is 31.3 Å². The lowest BCUT2D eigenvalue weighted by molar-refractivity contribution is -0.120. The molecule has 0 fully saturated rings. The van der Waals surface area contributed by atoms with Crippen LogP contribution in [0.1, 0.15) is 10.4 Å². The van der Waals surface area contributed by atoms with Crippen LogP contribution in [0.15, 0.2) is 28.7 Å². The number of nitrogens with one attached hydrogen (secondary N) is 2. The quantitative estimate of drug-likeness (QED) is 0.605. The number of primary amides is 1. The summed E-state index contributed by atoms with van der Waals surface area (Å²) in [6.45, 7) is -0.219. The van der Waals surface area contributed by atoms with Gasteiger partial charge in [-0.05, 0) is 12.1 Å². The lowest BCUT2D eigenvalue weighted by Crippen LogP contribution is -2.39. The topological polar surface area (TPSA) is 101 Å². The van der Waals surface area contributed by atoms with E-state index in [0.29, 0.717) is 5.56 Å². The van der Waals surface area contributed by atoms with E-state index < -0.39 is 5.91 Å². The normalized spacial score (nSPS) is 9.95. The summed E-state index contributed by atoms with van der Waals surface area (Å²) >= 11 is 3.27. The number of hydrogen-bond donors (Lipinski definition) is 3. The van der Waals surface area contributed by atoms with Gasteiger partial charge in [0.25, 0.3) is 0 Å². The summed E-state index contributed by atoms with van der Waals surface area (Å²) in [4.78, 5) is 33.5. The Morgan fingerprint density at radius 2 is 1.68 bits per heavy atom. The Bertz CT molecular complexity index is 474. The van der Waals surface area contributed by atoms with Crippen molar-refractivity contribution in [3.8, 4) is 0 Å². The van der Waals surface area contributed by atoms with Crippen LogP contribution in [0.2, 0.25) is 0 Å². The van der Waals surface area contributed by atoms with Crippen LogP contribution < -0.4 is 16.4 Å². The lowest BCUT2D eigenvalue weighted by Gasteiger charge is -2.05. The van der Waals surface area contributed by atoms with Crippen molar-refractivity contribution in [3.05, 3.63) is 34.3 Å².